The first-order chi connectivity index (χ1) is 13.4. The maximum absolute atomic E-state index is 12.4. The zero-order valence-corrected chi connectivity index (χ0v) is 17.0. The van der Waals surface area contributed by atoms with Gasteiger partial charge in [-0.1, -0.05) is 13.8 Å². The Morgan fingerprint density at radius 3 is 2.18 bits per heavy atom. The Hall–Kier alpha value is -2.57. The molecule has 0 aromatic heterocycles. The minimum Gasteiger partial charge on any atom is -0.450 e. The summed E-state index contributed by atoms with van der Waals surface area (Å²) >= 11 is 0. The molecule has 3 amide bonds. The van der Waals surface area contributed by atoms with E-state index in [9.17, 15) is 14.4 Å². The van der Waals surface area contributed by atoms with Crippen LogP contribution in [0.25, 0.3) is 0 Å². The molecule has 154 valence electrons. The third-order valence-electron chi connectivity index (χ3n) is 4.77. The van der Waals surface area contributed by atoms with Crippen LogP contribution < -0.4 is 10.6 Å². The second-order valence-electron chi connectivity index (χ2n) is 7.45. The van der Waals surface area contributed by atoms with Gasteiger partial charge in [-0.2, -0.15) is 0 Å². The standard InChI is InChI=1S/C21H31N3O4/c1-4-28-21(27)24-13-10-18(11-14-24)23-20(26)17-7-5-16(6-8-17)19(25)22-12-9-15(2)3/h5-8,15,18H,4,9-14H2,1-3H3,(H,22,25)(H,23,26). The van der Waals surface area contributed by atoms with Gasteiger partial charge >= 0.3 is 6.09 Å². The number of nitrogens with zero attached hydrogens (tertiary/aromatic N) is 1. The second kappa shape index (κ2) is 10.7. The summed E-state index contributed by atoms with van der Waals surface area (Å²) < 4.78 is 5.00. The van der Waals surface area contributed by atoms with E-state index in [4.69, 9.17) is 4.74 Å². The van der Waals surface area contributed by atoms with Crippen LogP contribution in [-0.2, 0) is 4.74 Å². The van der Waals surface area contributed by atoms with E-state index in [0.29, 0.717) is 56.1 Å². The lowest BCUT2D eigenvalue weighted by Crippen LogP contribution is -2.46. The van der Waals surface area contributed by atoms with Gasteiger partial charge in [0, 0.05) is 36.8 Å². The van der Waals surface area contributed by atoms with Gasteiger partial charge in [-0.3, -0.25) is 9.59 Å². The highest BCUT2D eigenvalue weighted by molar-refractivity contribution is 5.97. The molecule has 1 aliphatic rings. The molecule has 1 aromatic carbocycles. The molecule has 0 bridgehead atoms. The molecule has 0 saturated carbocycles. The maximum atomic E-state index is 12.4. The number of carbonyl (C=O) groups is 3. The van der Waals surface area contributed by atoms with E-state index >= 15 is 0 Å². The van der Waals surface area contributed by atoms with Crippen LogP contribution in [0.2, 0.25) is 0 Å². The Bertz CT molecular complexity index is 665. The third kappa shape index (κ3) is 6.55. The fraction of sp³-hybridized carbons (Fsp3) is 0.571. The smallest absolute Gasteiger partial charge is 0.409 e. The topological polar surface area (TPSA) is 87.7 Å². The number of rotatable bonds is 7. The lowest BCUT2D eigenvalue weighted by atomic mass is 10.0. The number of piperidine rings is 1. The van der Waals surface area contributed by atoms with Crippen molar-refractivity contribution in [1.82, 2.24) is 15.5 Å². The minimum atomic E-state index is -0.297. The van der Waals surface area contributed by atoms with Crippen molar-refractivity contribution < 1.29 is 19.1 Å². The molecule has 1 heterocycles. The van der Waals surface area contributed by atoms with Gasteiger partial charge in [-0.15, -0.1) is 0 Å². The van der Waals surface area contributed by atoms with Gasteiger partial charge < -0.3 is 20.3 Å². The normalized spacial score (nSPS) is 14.6. The Morgan fingerprint density at radius 1 is 1.07 bits per heavy atom. The molecule has 7 nitrogen and oxygen atoms in total. The molecule has 0 aliphatic carbocycles. The predicted molar refractivity (Wildman–Crippen MR) is 107 cm³/mol. The van der Waals surface area contributed by atoms with Crippen LogP contribution in [0.1, 0.15) is 60.7 Å². The molecular formula is C21H31N3O4. The number of likely N-dealkylation sites (tertiary alicyclic amines) is 1. The van der Waals surface area contributed by atoms with E-state index in [1.54, 1.807) is 36.1 Å². The Morgan fingerprint density at radius 2 is 1.64 bits per heavy atom. The van der Waals surface area contributed by atoms with Gasteiger partial charge in [0.15, 0.2) is 0 Å². The highest BCUT2D eigenvalue weighted by Crippen LogP contribution is 2.13. The number of benzene rings is 1. The number of ether oxygens (including phenoxy) is 1. The van der Waals surface area contributed by atoms with E-state index in [0.717, 1.165) is 6.42 Å². The summed E-state index contributed by atoms with van der Waals surface area (Å²) in [6.45, 7) is 8.15. The summed E-state index contributed by atoms with van der Waals surface area (Å²) in [5.74, 6) is 0.246. The van der Waals surface area contributed by atoms with Crippen molar-refractivity contribution in [2.24, 2.45) is 5.92 Å². The molecule has 0 unspecified atom stereocenters. The van der Waals surface area contributed by atoms with Crippen LogP contribution >= 0.6 is 0 Å². The molecule has 0 spiro atoms. The van der Waals surface area contributed by atoms with Crippen LogP contribution in [0.4, 0.5) is 4.79 Å². The fourth-order valence-electron chi connectivity index (χ4n) is 3.04. The van der Waals surface area contributed by atoms with Crippen LogP contribution in [0.5, 0.6) is 0 Å². The predicted octanol–water partition coefficient (Wildman–Crippen LogP) is 2.81. The van der Waals surface area contributed by atoms with Crippen LogP contribution in [0.3, 0.4) is 0 Å². The summed E-state index contributed by atoms with van der Waals surface area (Å²) in [6, 6.07) is 6.70. The average molecular weight is 389 g/mol. The average Bonchev–Trinajstić information content (AvgIpc) is 2.68. The summed E-state index contributed by atoms with van der Waals surface area (Å²) in [6.07, 6.45) is 2.03. The third-order valence-corrected chi connectivity index (χ3v) is 4.77. The maximum Gasteiger partial charge on any atom is 0.409 e. The van der Waals surface area contributed by atoms with Crippen molar-refractivity contribution in [2.45, 2.75) is 46.1 Å². The molecule has 28 heavy (non-hydrogen) atoms. The first-order valence-electron chi connectivity index (χ1n) is 10.0. The van der Waals surface area contributed by atoms with Crippen molar-refractivity contribution in [1.29, 1.82) is 0 Å². The highest BCUT2D eigenvalue weighted by Gasteiger charge is 2.24. The number of amides is 3. The fourth-order valence-corrected chi connectivity index (χ4v) is 3.04. The number of hydrogen-bond donors (Lipinski definition) is 2. The van der Waals surface area contributed by atoms with Gasteiger partial charge in [-0.25, -0.2) is 4.79 Å². The molecule has 1 aromatic rings. The number of carbonyl (C=O) groups excluding carboxylic acids is 3. The largest absolute Gasteiger partial charge is 0.450 e. The Balaban J connectivity index is 1.80. The zero-order chi connectivity index (χ0) is 20.5. The summed E-state index contributed by atoms with van der Waals surface area (Å²) in [7, 11) is 0. The zero-order valence-electron chi connectivity index (χ0n) is 17.0. The molecule has 7 heteroatoms. The molecule has 1 saturated heterocycles. The van der Waals surface area contributed by atoms with Crippen LogP contribution in [0, 0.1) is 5.92 Å². The van der Waals surface area contributed by atoms with E-state index in [2.05, 4.69) is 24.5 Å². The first-order valence-corrected chi connectivity index (χ1v) is 10.0. The van der Waals surface area contributed by atoms with Gasteiger partial charge in [-0.05, 0) is 56.4 Å². The van der Waals surface area contributed by atoms with Crippen molar-refractivity contribution in [3.8, 4) is 0 Å². The molecular weight excluding hydrogens is 358 g/mol. The monoisotopic (exact) mass is 389 g/mol. The highest BCUT2D eigenvalue weighted by atomic mass is 16.6. The van der Waals surface area contributed by atoms with E-state index in [-0.39, 0.29) is 23.9 Å². The first kappa shape index (κ1) is 21.7. The minimum absolute atomic E-state index is 0.0252. The summed E-state index contributed by atoms with van der Waals surface area (Å²) in [5, 5.41) is 5.89. The quantitative estimate of drug-likeness (QED) is 0.751. The molecule has 0 radical (unpaired) electrons. The summed E-state index contributed by atoms with van der Waals surface area (Å²) in [5.41, 5.74) is 1.06. The summed E-state index contributed by atoms with van der Waals surface area (Å²) in [4.78, 5) is 37.9. The molecule has 2 N–H and O–H groups in total. The second-order valence-corrected chi connectivity index (χ2v) is 7.45. The van der Waals surface area contributed by atoms with Gasteiger partial charge in [0.25, 0.3) is 11.8 Å². The van der Waals surface area contributed by atoms with E-state index < -0.39 is 0 Å². The van der Waals surface area contributed by atoms with Crippen molar-refractivity contribution in [3.63, 3.8) is 0 Å². The van der Waals surface area contributed by atoms with Crippen molar-refractivity contribution in [3.05, 3.63) is 35.4 Å². The Labute approximate surface area is 166 Å². The number of hydrogen-bond acceptors (Lipinski definition) is 4. The molecule has 2 rings (SSSR count). The molecule has 0 atom stereocenters. The SMILES string of the molecule is CCOC(=O)N1CCC(NC(=O)c2ccc(C(=O)NCCC(C)C)cc2)CC1. The van der Waals surface area contributed by atoms with Gasteiger partial charge in [0.2, 0.25) is 0 Å². The van der Waals surface area contributed by atoms with Crippen LogP contribution in [-0.4, -0.2) is 55.1 Å². The van der Waals surface area contributed by atoms with Crippen molar-refractivity contribution >= 4 is 17.9 Å². The van der Waals surface area contributed by atoms with Crippen LogP contribution in [0.15, 0.2) is 24.3 Å². The lowest BCUT2D eigenvalue weighted by Gasteiger charge is -2.31. The number of nitrogens with one attached hydrogen (secondary N) is 2. The molecule has 1 fully saturated rings. The lowest BCUT2D eigenvalue weighted by molar-refractivity contribution is 0.0858. The van der Waals surface area contributed by atoms with Crippen molar-refractivity contribution in [2.75, 3.05) is 26.2 Å². The van der Waals surface area contributed by atoms with Gasteiger partial charge in [0.05, 0.1) is 6.61 Å². The van der Waals surface area contributed by atoms with E-state index in [1.165, 1.54) is 0 Å². The van der Waals surface area contributed by atoms with Gasteiger partial charge in [0.1, 0.15) is 0 Å². The Kier molecular flexibility index (Phi) is 8.29. The van der Waals surface area contributed by atoms with E-state index in [1.807, 2.05) is 0 Å². The molecule has 1 aliphatic heterocycles.